The van der Waals surface area contributed by atoms with Gasteiger partial charge in [0.25, 0.3) is 0 Å². The summed E-state index contributed by atoms with van der Waals surface area (Å²) in [4.78, 5) is 14.3. The summed E-state index contributed by atoms with van der Waals surface area (Å²) in [6, 6.07) is 41.9. The molecule has 4 heterocycles. The van der Waals surface area contributed by atoms with Gasteiger partial charge in [-0.05, 0) is 93.1 Å². The fourth-order valence-corrected chi connectivity index (χ4v) is 7.32. The molecule has 4 aromatic heterocycles. The van der Waals surface area contributed by atoms with Crippen LogP contribution in [0.5, 0.6) is 0 Å². The molecule has 4 nitrogen and oxygen atoms in total. The van der Waals surface area contributed by atoms with E-state index in [1.54, 1.807) is 0 Å². The molecule has 0 atom stereocenters. The lowest BCUT2D eigenvalue weighted by Crippen LogP contribution is -2.12. The molecule has 0 radical (unpaired) electrons. The molecule has 8 rings (SSSR count). The Morgan fingerprint density at radius 3 is 1.81 bits per heavy atom. The second-order valence-corrected chi connectivity index (χ2v) is 17.4. The predicted molar refractivity (Wildman–Crippen MR) is 221 cm³/mol. The Kier molecular flexibility index (Phi) is 7.80. The van der Waals surface area contributed by atoms with E-state index in [1.807, 2.05) is 6.20 Å². The van der Waals surface area contributed by atoms with Crippen LogP contribution in [0.2, 0.25) is 0 Å². The molecule has 8 aromatic rings. The van der Waals surface area contributed by atoms with E-state index in [0.717, 1.165) is 61.5 Å². The van der Waals surface area contributed by atoms with Gasteiger partial charge >= 0.3 is 0 Å². The van der Waals surface area contributed by atoms with E-state index in [4.69, 9.17) is 9.97 Å². The van der Waals surface area contributed by atoms with Gasteiger partial charge in [0.1, 0.15) is 11.5 Å². The van der Waals surface area contributed by atoms with Gasteiger partial charge in [-0.2, -0.15) is 0 Å². The average Bonchev–Trinajstić information content (AvgIpc) is 3.65. The molecule has 0 unspecified atom stereocenters. The average molecular weight is 681 g/mol. The number of pyridine rings is 2. The third-order valence-electron chi connectivity index (χ3n) is 10.5. The summed E-state index contributed by atoms with van der Waals surface area (Å²) in [5, 5.41) is 4.69. The standard InChI is InChI=1S/C48H48N4/c1-46(2,3)33-19-22-42-39(28-33)38-20-21-40(31-25-32(27-35(26-31)48(7,8)9)41-29-34(23-24-49-41)47(4,5)6)50-44(38)52(42)45-37-18-14-13-17-36(37)43(51-45)30-15-11-10-12-16-30/h10-29,51H,1-9H3. The first-order chi connectivity index (χ1) is 24.7. The molecule has 52 heavy (non-hydrogen) atoms. The largest absolute Gasteiger partial charge is 0.340 e. The van der Waals surface area contributed by atoms with Gasteiger partial charge in [-0.25, -0.2) is 4.98 Å². The van der Waals surface area contributed by atoms with Gasteiger partial charge in [0.15, 0.2) is 0 Å². The first kappa shape index (κ1) is 33.7. The SMILES string of the molecule is CC(C)(C)c1cc(-c2cc(C(C)(C)C)ccn2)cc(-c2ccc3c4cc(C(C)(C)C)ccc4n(-c4[nH]c(-c5ccccc5)c5ccccc45)c3n2)c1. The molecule has 0 amide bonds. The maximum Gasteiger partial charge on any atom is 0.147 e. The third-order valence-corrected chi connectivity index (χ3v) is 10.5. The van der Waals surface area contributed by atoms with Crippen molar-refractivity contribution < 1.29 is 0 Å². The molecule has 0 aliphatic rings. The Balaban J connectivity index is 1.41. The monoisotopic (exact) mass is 680 g/mol. The fourth-order valence-electron chi connectivity index (χ4n) is 7.32. The van der Waals surface area contributed by atoms with Crippen LogP contribution in [0.25, 0.3) is 72.3 Å². The highest BCUT2D eigenvalue weighted by molar-refractivity contribution is 6.11. The number of H-pyrrole nitrogens is 1. The summed E-state index contributed by atoms with van der Waals surface area (Å²) in [6.45, 7) is 20.4. The maximum atomic E-state index is 5.58. The van der Waals surface area contributed by atoms with Gasteiger partial charge in [-0.1, -0.05) is 123 Å². The Morgan fingerprint density at radius 2 is 1.12 bits per heavy atom. The minimum Gasteiger partial charge on any atom is -0.340 e. The predicted octanol–water partition coefficient (Wildman–Crippen LogP) is 12.9. The molecular formula is C48H48N4. The lowest BCUT2D eigenvalue weighted by Gasteiger charge is -2.22. The highest BCUT2D eigenvalue weighted by Crippen LogP contribution is 2.41. The number of nitrogens with zero attached hydrogens (tertiary/aromatic N) is 3. The van der Waals surface area contributed by atoms with E-state index in [1.165, 1.54) is 27.5 Å². The summed E-state index contributed by atoms with van der Waals surface area (Å²) < 4.78 is 2.35. The topological polar surface area (TPSA) is 46.5 Å². The number of benzene rings is 4. The van der Waals surface area contributed by atoms with Gasteiger partial charge in [-0.3, -0.25) is 9.55 Å². The summed E-state index contributed by atoms with van der Waals surface area (Å²) in [5.74, 6) is 1.02. The van der Waals surface area contributed by atoms with Gasteiger partial charge in [0, 0.05) is 38.9 Å². The van der Waals surface area contributed by atoms with E-state index in [0.29, 0.717) is 0 Å². The molecular weight excluding hydrogens is 633 g/mol. The quantitative estimate of drug-likeness (QED) is 0.201. The second-order valence-electron chi connectivity index (χ2n) is 17.4. The zero-order valence-electron chi connectivity index (χ0n) is 31.9. The first-order valence-corrected chi connectivity index (χ1v) is 18.4. The van der Waals surface area contributed by atoms with E-state index in [2.05, 4.69) is 187 Å². The van der Waals surface area contributed by atoms with E-state index < -0.39 is 0 Å². The number of fused-ring (bicyclic) bond motifs is 4. The van der Waals surface area contributed by atoms with Crippen molar-refractivity contribution in [3.05, 3.63) is 138 Å². The minimum absolute atomic E-state index is 0.0116. The number of aromatic nitrogens is 4. The molecule has 0 saturated heterocycles. The Labute approximate surface area is 307 Å². The zero-order chi connectivity index (χ0) is 36.6. The number of hydrogen-bond donors (Lipinski definition) is 1. The molecule has 0 saturated carbocycles. The highest BCUT2D eigenvalue weighted by atomic mass is 15.1. The van der Waals surface area contributed by atoms with Crippen LogP contribution in [0.15, 0.2) is 121 Å². The zero-order valence-corrected chi connectivity index (χ0v) is 31.9. The number of aromatic amines is 1. The maximum absolute atomic E-state index is 5.58. The van der Waals surface area contributed by atoms with Crippen LogP contribution < -0.4 is 0 Å². The van der Waals surface area contributed by atoms with Crippen LogP contribution in [-0.2, 0) is 16.2 Å². The van der Waals surface area contributed by atoms with Gasteiger partial charge in [0.05, 0.1) is 22.6 Å². The van der Waals surface area contributed by atoms with Crippen molar-refractivity contribution in [3.8, 4) is 39.6 Å². The molecule has 4 aromatic carbocycles. The van der Waals surface area contributed by atoms with Crippen molar-refractivity contribution in [3.63, 3.8) is 0 Å². The highest BCUT2D eigenvalue weighted by Gasteiger charge is 2.24. The van der Waals surface area contributed by atoms with Crippen molar-refractivity contribution >= 4 is 32.7 Å². The van der Waals surface area contributed by atoms with Crippen molar-refractivity contribution in [2.45, 2.75) is 78.6 Å². The number of nitrogens with one attached hydrogen (secondary N) is 1. The van der Waals surface area contributed by atoms with Gasteiger partial charge < -0.3 is 4.98 Å². The second kappa shape index (κ2) is 12.1. The molecule has 0 bridgehead atoms. The van der Waals surface area contributed by atoms with Gasteiger partial charge in [-0.15, -0.1) is 0 Å². The minimum atomic E-state index is -0.0637. The molecule has 260 valence electrons. The van der Waals surface area contributed by atoms with Crippen molar-refractivity contribution in [2.24, 2.45) is 0 Å². The summed E-state index contributed by atoms with van der Waals surface area (Å²) >= 11 is 0. The van der Waals surface area contributed by atoms with E-state index in [-0.39, 0.29) is 16.2 Å². The molecule has 0 aliphatic heterocycles. The van der Waals surface area contributed by atoms with Crippen LogP contribution in [0, 0.1) is 0 Å². The molecule has 4 heteroatoms. The van der Waals surface area contributed by atoms with E-state index >= 15 is 0 Å². The lowest BCUT2D eigenvalue weighted by molar-refractivity contribution is 0.588. The van der Waals surface area contributed by atoms with Crippen molar-refractivity contribution in [2.75, 3.05) is 0 Å². The molecule has 0 fully saturated rings. The van der Waals surface area contributed by atoms with Crippen LogP contribution in [-0.4, -0.2) is 19.5 Å². The first-order valence-electron chi connectivity index (χ1n) is 18.4. The van der Waals surface area contributed by atoms with Crippen LogP contribution >= 0.6 is 0 Å². The summed E-state index contributed by atoms with van der Waals surface area (Å²) in [5.41, 5.74) is 12.2. The van der Waals surface area contributed by atoms with Crippen LogP contribution in [0.4, 0.5) is 0 Å². The Morgan fingerprint density at radius 1 is 0.481 bits per heavy atom. The van der Waals surface area contributed by atoms with Crippen LogP contribution in [0.1, 0.15) is 79.0 Å². The number of rotatable bonds is 4. The van der Waals surface area contributed by atoms with Crippen molar-refractivity contribution in [1.29, 1.82) is 0 Å². The van der Waals surface area contributed by atoms with E-state index in [9.17, 15) is 0 Å². The third kappa shape index (κ3) is 5.90. The molecule has 1 N–H and O–H groups in total. The van der Waals surface area contributed by atoms with Crippen molar-refractivity contribution in [1.82, 2.24) is 19.5 Å². The van der Waals surface area contributed by atoms with Gasteiger partial charge in [0.2, 0.25) is 0 Å². The number of hydrogen-bond acceptors (Lipinski definition) is 2. The normalized spacial score (nSPS) is 12.7. The summed E-state index contributed by atoms with van der Waals surface area (Å²) in [7, 11) is 0. The smallest absolute Gasteiger partial charge is 0.147 e. The molecule has 0 aliphatic carbocycles. The molecule has 0 spiro atoms. The summed E-state index contributed by atoms with van der Waals surface area (Å²) in [6.07, 6.45) is 1.94. The van der Waals surface area contributed by atoms with Crippen LogP contribution in [0.3, 0.4) is 0 Å². The Bertz CT molecular complexity index is 2620. The fraction of sp³-hybridized carbons (Fsp3) is 0.250. The lowest BCUT2D eigenvalue weighted by atomic mass is 9.83. The Hall–Kier alpha value is -5.48.